The Labute approximate surface area is 238 Å². The van der Waals surface area contributed by atoms with Gasteiger partial charge in [0.25, 0.3) is 5.56 Å². The number of aryl methyl sites for hydroxylation is 1. The molecule has 1 amide bonds. The van der Waals surface area contributed by atoms with E-state index in [4.69, 9.17) is 11.6 Å². The van der Waals surface area contributed by atoms with Gasteiger partial charge in [-0.2, -0.15) is 0 Å². The first kappa shape index (κ1) is 27.4. The van der Waals surface area contributed by atoms with Crippen molar-refractivity contribution in [1.82, 2.24) is 24.4 Å². The van der Waals surface area contributed by atoms with Crippen molar-refractivity contribution in [3.8, 4) is 0 Å². The van der Waals surface area contributed by atoms with Crippen molar-refractivity contribution in [2.75, 3.05) is 42.7 Å². The van der Waals surface area contributed by atoms with Gasteiger partial charge in [-0.05, 0) is 44.0 Å². The third-order valence-electron chi connectivity index (χ3n) is 7.32. The molecule has 4 heterocycles. The number of nitrogens with one attached hydrogen (secondary N) is 2. The number of carbonyl (C=O) groups is 1. The van der Waals surface area contributed by atoms with E-state index in [1.165, 1.54) is 0 Å². The Morgan fingerprint density at radius 1 is 1.07 bits per heavy atom. The van der Waals surface area contributed by atoms with Gasteiger partial charge in [-0.1, -0.05) is 11.6 Å². The highest BCUT2D eigenvalue weighted by Gasteiger charge is 2.27. The van der Waals surface area contributed by atoms with E-state index in [0.717, 1.165) is 54.0 Å². The molecule has 208 valence electrons. The van der Waals surface area contributed by atoms with Crippen LogP contribution in [0.5, 0.6) is 0 Å². The molecule has 0 bridgehead atoms. The van der Waals surface area contributed by atoms with Crippen LogP contribution in [-0.2, 0) is 11.8 Å². The van der Waals surface area contributed by atoms with Crippen molar-refractivity contribution in [3.63, 3.8) is 0 Å². The molecule has 1 unspecified atom stereocenters. The smallest absolute Gasteiger partial charge is 0.252 e. The Hall–Kier alpha value is -4.18. The second kappa shape index (κ2) is 11.5. The largest absolute Gasteiger partial charge is 0.375 e. The quantitative estimate of drug-likeness (QED) is 0.338. The van der Waals surface area contributed by atoms with Crippen LogP contribution in [0, 0.1) is 5.92 Å². The van der Waals surface area contributed by atoms with Crippen LogP contribution in [0.3, 0.4) is 0 Å². The van der Waals surface area contributed by atoms with Gasteiger partial charge in [-0.15, -0.1) is 0 Å². The third kappa shape index (κ3) is 5.72. The lowest BCUT2D eigenvalue weighted by Crippen LogP contribution is -2.40. The molecule has 40 heavy (non-hydrogen) atoms. The molecule has 11 heteroatoms. The summed E-state index contributed by atoms with van der Waals surface area (Å²) in [6.45, 7) is 3.46. The second-order valence-electron chi connectivity index (χ2n) is 10.3. The number of fused-ring (bicyclic) bond motifs is 1. The molecule has 0 saturated carbocycles. The Morgan fingerprint density at radius 3 is 2.50 bits per heavy atom. The van der Waals surface area contributed by atoms with Gasteiger partial charge in [0.05, 0.1) is 28.5 Å². The summed E-state index contributed by atoms with van der Waals surface area (Å²) in [5, 5.41) is 8.20. The fraction of sp³-hybridized carbons (Fsp3) is 0.345. The summed E-state index contributed by atoms with van der Waals surface area (Å²) in [4.78, 5) is 42.1. The Kier molecular flexibility index (Phi) is 7.88. The highest BCUT2D eigenvalue weighted by molar-refractivity contribution is 6.33. The van der Waals surface area contributed by atoms with Gasteiger partial charge >= 0.3 is 0 Å². The number of aromatic nitrogens is 4. The molecule has 1 atom stereocenters. The Balaban J connectivity index is 1.40. The fourth-order valence-electron chi connectivity index (χ4n) is 5.06. The fourth-order valence-corrected chi connectivity index (χ4v) is 5.21. The number of nitrogens with zero attached hydrogens (tertiary/aromatic N) is 6. The third-order valence-corrected chi connectivity index (χ3v) is 7.62. The van der Waals surface area contributed by atoms with E-state index in [1.807, 2.05) is 31.2 Å². The first-order valence-corrected chi connectivity index (χ1v) is 13.6. The lowest BCUT2D eigenvalue weighted by molar-refractivity contribution is -0.133. The summed E-state index contributed by atoms with van der Waals surface area (Å²) >= 11 is 6.55. The number of rotatable bonds is 7. The maximum absolute atomic E-state index is 12.7. The Morgan fingerprint density at radius 2 is 1.80 bits per heavy atom. The van der Waals surface area contributed by atoms with Gasteiger partial charge in [-0.3, -0.25) is 9.59 Å². The van der Waals surface area contributed by atoms with Gasteiger partial charge in [0, 0.05) is 81.4 Å². The van der Waals surface area contributed by atoms with E-state index in [0.29, 0.717) is 16.5 Å². The lowest BCUT2D eigenvalue weighted by atomic mass is 9.95. The van der Waals surface area contributed by atoms with Crippen molar-refractivity contribution >= 4 is 51.3 Å². The van der Waals surface area contributed by atoms with Crippen LogP contribution in [0.15, 0.2) is 59.8 Å². The molecular formula is C29H33ClN8O2. The molecule has 5 rings (SSSR count). The number of hydrogen-bond acceptors (Lipinski definition) is 8. The van der Waals surface area contributed by atoms with Gasteiger partial charge < -0.3 is 25.0 Å². The van der Waals surface area contributed by atoms with Crippen molar-refractivity contribution < 1.29 is 4.79 Å². The lowest BCUT2D eigenvalue weighted by Gasteiger charge is -2.33. The Bertz CT molecular complexity index is 1580. The molecule has 3 aromatic heterocycles. The van der Waals surface area contributed by atoms with Crippen LogP contribution in [-0.4, -0.2) is 57.5 Å². The molecule has 4 aromatic rings. The van der Waals surface area contributed by atoms with E-state index in [1.54, 1.807) is 61.3 Å². The molecule has 10 nitrogen and oxygen atoms in total. The SMILES string of the molecule is CC(Nc1cc(=O)n(C)c2ccc(Nc3cc(N4CCC(C(=O)N(C)C)CC4)ncc3Cl)cc12)c1ncccn1. The summed E-state index contributed by atoms with van der Waals surface area (Å²) < 4.78 is 1.62. The standard InChI is InChI=1S/C29H33ClN8O2/c1-18(28-31-10-5-11-32-28)34-23-16-27(39)37(4)25-7-6-20(14-21(23)25)35-24-15-26(33-17-22(24)30)38-12-8-19(9-13-38)29(40)36(2)3/h5-7,10-11,14-19,34H,8-9,12-13H2,1-4H3,(H,33,35). The summed E-state index contributed by atoms with van der Waals surface area (Å²) in [5.41, 5.74) is 2.90. The molecule has 1 aliphatic rings. The number of halogens is 1. The van der Waals surface area contributed by atoms with Gasteiger partial charge in [-0.25, -0.2) is 15.0 Å². The summed E-state index contributed by atoms with van der Waals surface area (Å²) in [6.07, 6.45) is 6.62. The number of piperidine rings is 1. The topological polar surface area (TPSA) is 108 Å². The van der Waals surface area contributed by atoms with Crippen molar-refractivity contribution in [3.05, 3.63) is 76.2 Å². The van der Waals surface area contributed by atoms with Crippen LogP contribution in [0.1, 0.15) is 31.6 Å². The summed E-state index contributed by atoms with van der Waals surface area (Å²) in [6, 6.07) is 10.9. The molecule has 1 fully saturated rings. The van der Waals surface area contributed by atoms with Crippen LogP contribution < -0.4 is 21.1 Å². The summed E-state index contributed by atoms with van der Waals surface area (Å²) in [7, 11) is 5.36. The van der Waals surface area contributed by atoms with Crippen LogP contribution in [0.4, 0.5) is 22.9 Å². The minimum absolute atomic E-state index is 0.0451. The number of pyridine rings is 2. The van der Waals surface area contributed by atoms with Crippen molar-refractivity contribution in [1.29, 1.82) is 0 Å². The number of hydrogen-bond donors (Lipinski definition) is 2. The molecule has 1 aromatic carbocycles. The number of amides is 1. The first-order valence-electron chi connectivity index (χ1n) is 13.3. The number of benzene rings is 1. The minimum Gasteiger partial charge on any atom is -0.375 e. The van der Waals surface area contributed by atoms with Gasteiger partial charge in [0.15, 0.2) is 0 Å². The number of anilines is 4. The van der Waals surface area contributed by atoms with Crippen LogP contribution >= 0.6 is 11.6 Å². The molecule has 0 aliphatic carbocycles. The van der Waals surface area contributed by atoms with Crippen molar-refractivity contribution in [2.45, 2.75) is 25.8 Å². The van der Waals surface area contributed by atoms with Crippen molar-refractivity contribution in [2.24, 2.45) is 13.0 Å². The molecule has 1 saturated heterocycles. The molecular weight excluding hydrogens is 528 g/mol. The first-order chi connectivity index (χ1) is 19.2. The minimum atomic E-state index is -0.206. The van der Waals surface area contributed by atoms with E-state index in [9.17, 15) is 9.59 Å². The molecule has 2 N–H and O–H groups in total. The number of carbonyl (C=O) groups excluding carboxylic acids is 1. The summed E-state index contributed by atoms with van der Waals surface area (Å²) in [5.74, 6) is 1.67. The van der Waals surface area contributed by atoms with Crippen LogP contribution in [0.25, 0.3) is 10.9 Å². The predicted molar refractivity (Wildman–Crippen MR) is 159 cm³/mol. The average Bonchev–Trinajstić information content (AvgIpc) is 2.97. The van der Waals surface area contributed by atoms with E-state index < -0.39 is 0 Å². The maximum atomic E-state index is 12.7. The normalized spacial score (nSPS) is 14.7. The highest BCUT2D eigenvalue weighted by atomic mass is 35.5. The zero-order valence-corrected chi connectivity index (χ0v) is 23.8. The van der Waals surface area contributed by atoms with Gasteiger partial charge in [0.2, 0.25) is 5.91 Å². The zero-order valence-electron chi connectivity index (χ0n) is 23.1. The van der Waals surface area contributed by atoms with E-state index >= 15 is 0 Å². The molecule has 1 aliphatic heterocycles. The zero-order chi connectivity index (χ0) is 28.4. The van der Waals surface area contributed by atoms with E-state index in [-0.39, 0.29) is 23.4 Å². The highest BCUT2D eigenvalue weighted by Crippen LogP contribution is 2.33. The molecule has 0 spiro atoms. The average molecular weight is 561 g/mol. The monoisotopic (exact) mass is 560 g/mol. The van der Waals surface area contributed by atoms with Crippen LogP contribution in [0.2, 0.25) is 5.02 Å². The predicted octanol–water partition coefficient (Wildman–Crippen LogP) is 4.60. The maximum Gasteiger partial charge on any atom is 0.252 e. The second-order valence-corrected chi connectivity index (χ2v) is 10.7. The molecule has 0 radical (unpaired) electrons. The van der Waals surface area contributed by atoms with Gasteiger partial charge in [0.1, 0.15) is 11.6 Å². The van der Waals surface area contributed by atoms with E-state index in [2.05, 4.69) is 30.5 Å².